The van der Waals surface area contributed by atoms with Gasteiger partial charge in [-0.1, -0.05) is 32.0 Å². The van der Waals surface area contributed by atoms with Gasteiger partial charge in [-0.25, -0.2) is 0 Å². The topological polar surface area (TPSA) is 30.5 Å². The maximum atomic E-state index is 5.83. The lowest BCUT2D eigenvalue weighted by Crippen LogP contribution is -2.24. The van der Waals surface area contributed by atoms with E-state index in [-0.39, 0.29) is 0 Å². The van der Waals surface area contributed by atoms with Gasteiger partial charge in [-0.15, -0.1) is 0 Å². The summed E-state index contributed by atoms with van der Waals surface area (Å²) >= 11 is 0. The smallest absolute Gasteiger partial charge is 0.321 e. The van der Waals surface area contributed by atoms with Gasteiger partial charge in [0.2, 0.25) is 0 Å². The first kappa shape index (κ1) is 16.2. The number of para-hydroxylation sites is 1. The van der Waals surface area contributed by atoms with E-state index in [4.69, 9.17) is 8.85 Å². The van der Waals surface area contributed by atoms with Crippen LogP contribution in [0.2, 0.25) is 6.04 Å². The zero-order valence-corrected chi connectivity index (χ0v) is 13.4. The number of nitrogens with one attached hydrogen (secondary N) is 1. The molecule has 0 aliphatic heterocycles. The third-order valence-electron chi connectivity index (χ3n) is 2.74. The Morgan fingerprint density at radius 2 is 1.63 bits per heavy atom. The summed E-state index contributed by atoms with van der Waals surface area (Å²) in [5, 5.41) is 3.42. The summed E-state index contributed by atoms with van der Waals surface area (Å²) in [5.41, 5.74) is 1.18. The second-order valence-corrected chi connectivity index (χ2v) is 6.71. The molecule has 3 nitrogen and oxygen atoms in total. The highest BCUT2D eigenvalue weighted by Crippen LogP contribution is 2.07. The number of hydrogen-bond acceptors (Lipinski definition) is 3. The summed E-state index contributed by atoms with van der Waals surface area (Å²) in [6, 6.07) is 11.4. The van der Waals surface area contributed by atoms with E-state index in [0.29, 0.717) is 0 Å². The molecule has 1 aromatic carbocycles. The van der Waals surface area contributed by atoms with E-state index in [1.165, 1.54) is 5.69 Å². The SMILES string of the molecule is CCCO[SiH](CCCNc1ccccc1)OCCC. The van der Waals surface area contributed by atoms with Crippen molar-refractivity contribution in [3.05, 3.63) is 30.3 Å². The van der Waals surface area contributed by atoms with Gasteiger partial charge < -0.3 is 14.2 Å². The third-order valence-corrected chi connectivity index (χ3v) is 4.83. The van der Waals surface area contributed by atoms with E-state index in [1.807, 2.05) is 6.07 Å². The Morgan fingerprint density at radius 1 is 1.00 bits per heavy atom. The maximum absolute atomic E-state index is 5.83. The summed E-state index contributed by atoms with van der Waals surface area (Å²) in [5.74, 6) is 0. The molecule has 0 aliphatic rings. The first-order chi connectivity index (χ1) is 9.36. The molecule has 1 N–H and O–H groups in total. The van der Waals surface area contributed by atoms with Gasteiger partial charge in [0.1, 0.15) is 0 Å². The van der Waals surface area contributed by atoms with Gasteiger partial charge in [-0.05, 0) is 37.4 Å². The molecule has 0 atom stereocenters. The van der Waals surface area contributed by atoms with Crippen LogP contribution in [0, 0.1) is 0 Å². The first-order valence-electron chi connectivity index (χ1n) is 7.39. The fraction of sp³-hybridized carbons (Fsp3) is 0.600. The van der Waals surface area contributed by atoms with Crippen molar-refractivity contribution < 1.29 is 8.85 Å². The van der Waals surface area contributed by atoms with E-state index >= 15 is 0 Å². The lowest BCUT2D eigenvalue weighted by molar-refractivity contribution is 0.196. The second kappa shape index (κ2) is 11.0. The third kappa shape index (κ3) is 8.03. The molecule has 0 bridgehead atoms. The zero-order valence-electron chi connectivity index (χ0n) is 12.2. The molecule has 1 aromatic rings. The second-order valence-electron chi connectivity index (χ2n) is 4.61. The number of benzene rings is 1. The highest BCUT2D eigenvalue weighted by atomic mass is 28.3. The van der Waals surface area contributed by atoms with Crippen LogP contribution in [0.1, 0.15) is 33.1 Å². The molecule has 1 rings (SSSR count). The van der Waals surface area contributed by atoms with Gasteiger partial charge in [0, 0.05) is 25.4 Å². The summed E-state index contributed by atoms with van der Waals surface area (Å²) in [7, 11) is -1.43. The van der Waals surface area contributed by atoms with Gasteiger partial charge in [0.25, 0.3) is 0 Å². The number of rotatable bonds is 11. The van der Waals surface area contributed by atoms with Crippen LogP contribution in [-0.2, 0) is 8.85 Å². The van der Waals surface area contributed by atoms with Gasteiger partial charge in [0.15, 0.2) is 0 Å². The molecule has 0 aliphatic carbocycles. The van der Waals surface area contributed by atoms with Crippen molar-refractivity contribution in [2.75, 3.05) is 25.1 Å². The summed E-state index contributed by atoms with van der Waals surface area (Å²) in [6.45, 7) is 6.95. The molecule has 0 unspecified atom stereocenters. The van der Waals surface area contributed by atoms with Gasteiger partial charge in [-0.3, -0.25) is 0 Å². The van der Waals surface area contributed by atoms with Crippen molar-refractivity contribution in [1.82, 2.24) is 0 Å². The molecule has 0 saturated carbocycles. The summed E-state index contributed by atoms with van der Waals surface area (Å²) in [6.07, 6.45) is 3.25. The average Bonchev–Trinajstić information content (AvgIpc) is 2.46. The van der Waals surface area contributed by atoms with Crippen LogP contribution in [0.25, 0.3) is 0 Å². The first-order valence-corrected chi connectivity index (χ1v) is 9.14. The summed E-state index contributed by atoms with van der Waals surface area (Å²) in [4.78, 5) is 0. The number of hydrogen-bond donors (Lipinski definition) is 1. The molecule has 0 radical (unpaired) electrons. The Morgan fingerprint density at radius 3 is 2.21 bits per heavy atom. The van der Waals surface area contributed by atoms with Gasteiger partial charge in [-0.2, -0.15) is 0 Å². The highest BCUT2D eigenvalue weighted by molar-refractivity contribution is 6.44. The van der Waals surface area contributed by atoms with Crippen molar-refractivity contribution in [2.24, 2.45) is 0 Å². The van der Waals surface area contributed by atoms with E-state index in [9.17, 15) is 0 Å². The highest BCUT2D eigenvalue weighted by Gasteiger charge is 2.12. The summed E-state index contributed by atoms with van der Waals surface area (Å²) < 4.78 is 11.7. The van der Waals surface area contributed by atoms with Crippen LogP contribution in [0.3, 0.4) is 0 Å². The quantitative estimate of drug-likeness (QED) is 0.497. The monoisotopic (exact) mass is 281 g/mol. The lowest BCUT2D eigenvalue weighted by Gasteiger charge is -2.16. The molecule has 0 amide bonds. The molecule has 0 aromatic heterocycles. The average molecular weight is 281 g/mol. The predicted octanol–water partition coefficient (Wildman–Crippen LogP) is 3.56. The Bertz CT molecular complexity index is 300. The number of anilines is 1. The van der Waals surface area contributed by atoms with Crippen molar-refractivity contribution in [3.63, 3.8) is 0 Å². The Labute approximate surface area is 119 Å². The van der Waals surface area contributed by atoms with Crippen molar-refractivity contribution in [2.45, 2.75) is 39.2 Å². The fourth-order valence-corrected chi connectivity index (χ4v) is 3.74. The molecule has 4 heteroatoms. The van der Waals surface area contributed by atoms with Crippen molar-refractivity contribution in [1.29, 1.82) is 0 Å². The van der Waals surface area contributed by atoms with Crippen LogP contribution < -0.4 is 5.32 Å². The van der Waals surface area contributed by atoms with Crippen LogP contribution in [0.15, 0.2) is 30.3 Å². The Kier molecular flexibility index (Phi) is 9.41. The van der Waals surface area contributed by atoms with Gasteiger partial charge >= 0.3 is 9.28 Å². The molecule has 0 spiro atoms. The lowest BCUT2D eigenvalue weighted by atomic mass is 10.3. The molecule has 19 heavy (non-hydrogen) atoms. The Balaban J connectivity index is 2.16. The molecule has 0 heterocycles. The minimum Gasteiger partial charge on any atom is -0.397 e. The molecule has 0 fully saturated rings. The van der Waals surface area contributed by atoms with Crippen LogP contribution >= 0.6 is 0 Å². The van der Waals surface area contributed by atoms with Crippen LogP contribution in [0.4, 0.5) is 5.69 Å². The van der Waals surface area contributed by atoms with E-state index < -0.39 is 9.28 Å². The predicted molar refractivity (Wildman–Crippen MR) is 84.0 cm³/mol. The fourth-order valence-electron chi connectivity index (χ4n) is 1.77. The van der Waals surface area contributed by atoms with Crippen LogP contribution in [0.5, 0.6) is 0 Å². The van der Waals surface area contributed by atoms with Crippen molar-refractivity contribution >= 4 is 15.0 Å². The van der Waals surface area contributed by atoms with Crippen molar-refractivity contribution in [3.8, 4) is 0 Å². The maximum Gasteiger partial charge on any atom is 0.321 e. The standard InChI is InChI=1S/C15H27NO2Si/c1-3-12-17-19(18-13-4-2)14-8-11-16-15-9-6-5-7-10-15/h5-7,9-10,16,19H,3-4,8,11-14H2,1-2H3. The minimum absolute atomic E-state index is 0.840. The van der Waals surface area contributed by atoms with E-state index in [2.05, 4.69) is 43.4 Å². The van der Waals surface area contributed by atoms with Crippen LogP contribution in [-0.4, -0.2) is 29.0 Å². The molecular weight excluding hydrogens is 254 g/mol. The molecule has 0 saturated heterocycles. The Hall–Kier alpha value is -0.843. The molecule has 108 valence electrons. The largest absolute Gasteiger partial charge is 0.397 e. The van der Waals surface area contributed by atoms with E-state index in [0.717, 1.165) is 45.1 Å². The van der Waals surface area contributed by atoms with Gasteiger partial charge in [0.05, 0.1) is 0 Å². The normalized spacial score (nSPS) is 10.9. The molecular formula is C15H27NO2Si. The zero-order chi connectivity index (χ0) is 13.8. The minimum atomic E-state index is -1.43. The van der Waals surface area contributed by atoms with E-state index in [1.54, 1.807) is 0 Å².